The minimum absolute atomic E-state index is 0.158. The Morgan fingerprint density at radius 2 is 1.97 bits per heavy atom. The van der Waals surface area contributed by atoms with Gasteiger partial charge in [0.05, 0.1) is 23.8 Å². The van der Waals surface area contributed by atoms with Crippen LogP contribution in [0.1, 0.15) is 17.5 Å². The zero-order chi connectivity index (χ0) is 22.0. The zero-order valence-electron chi connectivity index (χ0n) is 16.8. The molecule has 0 fully saturated rings. The number of nitrogens with zero attached hydrogens (tertiary/aromatic N) is 2. The van der Waals surface area contributed by atoms with Gasteiger partial charge in [-0.3, -0.25) is 14.4 Å². The van der Waals surface area contributed by atoms with Gasteiger partial charge >= 0.3 is 11.9 Å². The van der Waals surface area contributed by atoms with Gasteiger partial charge in [0, 0.05) is 6.07 Å². The van der Waals surface area contributed by atoms with Crippen LogP contribution in [0.2, 0.25) is 0 Å². The number of aromatic nitrogens is 1. The lowest BCUT2D eigenvalue weighted by molar-refractivity contribution is -0.141. The lowest BCUT2D eigenvalue weighted by Gasteiger charge is -2.08. The topological polar surface area (TPSA) is 100 Å². The van der Waals surface area contributed by atoms with Crippen molar-refractivity contribution in [3.8, 4) is 5.75 Å². The van der Waals surface area contributed by atoms with Crippen LogP contribution in [0.25, 0.3) is 21.2 Å². The van der Waals surface area contributed by atoms with Crippen molar-refractivity contribution in [2.45, 2.75) is 13.5 Å². The number of benzene rings is 2. The maximum Gasteiger partial charge on any atom is 0.325 e. The highest BCUT2D eigenvalue weighted by molar-refractivity contribution is 7.16. The molecule has 0 bridgehead atoms. The quantitative estimate of drug-likeness (QED) is 0.444. The Hall–Kier alpha value is -3.72. The third-order valence-corrected chi connectivity index (χ3v) is 5.56. The van der Waals surface area contributed by atoms with Crippen LogP contribution in [0.5, 0.6) is 5.75 Å². The van der Waals surface area contributed by atoms with Gasteiger partial charge in [-0.2, -0.15) is 4.99 Å². The molecule has 0 spiro atoms. The fourth-order valence-electron chi connectivity index (χ4n) is 3.15. The Bertz CT molecular complexity index is 1430. The van der Waals surface area contributed by atoms with E-state index >= 15 is 0 Å². The standard InChI is InChI=1S/C22H18N2O6S/c1-3-29-16-9-6-10-18-20(16)24(12-19(26)28-2)22(31-18)23-21(27)17-11-14(25)13-7-4-5-8-15(13)30-17/h4-11H,3,12H2,1-2H3. The second kappa shape index (κ2) is 8.57. The average Bonchev–Trinajstić information content (AvgIpc) is 3.11. The second-order valence-corrected chi connectivity index (χ2v) is 7.48. The predicted molar refractivity (Wildman–Crippen MR) is 115 cm³/mol. The van der Waals surface area contributed by atoms with Gasteiger partial charge in [0.2, 0.25) is 0 Å². The van der Waals surface area contributed by atoms with E-state index in [0.717, 1.165) is 10.8 Å². The highest BCUT2D eigenvalue weighted by Crippen LogP contribution is 2.27. The van der Waals surface area contributed by atoms with Crippen LogP contribution in [-0.4, -0.2) is 30.2 Å². The van der Waals surface area contributed by atoms with E-state index < -0.39 is 11.9 Å². The van der Waals surface area contributed by atoms with Crippen LogP contribution in [0.3, 0.4) is 0 Å². The van der Waals surface area contributed by atoms with Crippen LogP contribution in [-0.2, 0) is 16.1 Å². The normalized spacial score (nSPS) is 11.7. The molecular formula is C22H18N2O6S. The van der Waals surface area contributed by atoms with Crippen LogP contribution >= 0.6 is 11.3 Å². The van der Waals surface area contributed by atoms with E-state index in [4.69, 9.17) is 13.9 Å². The molecule has 0 aliphatic heterocycles. The van der Waals surface area contributed by atoms with Crippen molar-refractivity contribution >= 4 is 44.4 Å². The smallest absolute Gasteiger partial charge is 0.325 e. The molecule has 2 heterocycles. The van der Waals surface area contributed by atoms with Crippen LogP contribution in [0.15, 0.2) is 62.7 Å². The van der Waals surface area contributed by atoms with Gasteiger partial charge in [0.1, 0.15) is 23.4 Å². The lowest BCUT2D eigenvalue weighted by Crippen LogP contribution is -2.23. The molecule has 0 saturated carbocycles. The monoisotopic (exact) mass is 438 g/mol. The molecule has 4 rings (SSSR count). The fraction of sp³-hybridized carbons (Fsp3) is 0.182. The zero-order valence-corrected chi connectivity index (χ0v) is 17.6. The number of carbonyl (C=O) groups excluding carboxylic acids is 2. The number of esters is 1. The molecule has 0 aliphatic rings. The summed E-state index contributed by atoms with van der Waals surface area (Å²) in [5.74, 6) is -0.856. The lowest BCUT2D eigenvalue weighted by atomic mass is 10.2. The van der Waals surface area contributed by atoms with Crippen molar-refractivity contribution in [3.63, 3.8) is 0 Å². The van der Waals surface area contributed by atoms with Crippen LogP contribution in [0, 0.1) is 0 Å². The van der Waals surface area contributed by atoms with Crippen LogP contribution < -0.4 is 15.0 Å². The molecule has 0 unspecified atom stereocenters. The molecule has 8 nitrogen and oxygen atoms in total. The summed E-state index contributed by atoms with van der Waals surface area (Å²) in [6.07, 6.45) is 0. The van der Waals surface area contributed by atoms with Gasteiger partial charge in [-0.1, -0.05) is 29.5 Å². The molecule has 0 saturated heterocycles. The Morgan fingerprint density at radius 1 is 1.16 bits per heavy atom. The number of carbonyl (C=O) groups is 2. The third-order valence-electron chi connectivity index (χ3n) is 4.52. The number of hydrogen-bond donors (Lipinski definition) is 0. The summed E-state index contributed by atoms with van der Waals surface area (Å²) in [5.41, 5.74) is 0.593. The van der Waals surface area contributed by atoms with Gasteiger partial charge in [-0.05, 0) is 31.2 Å². The van der Waals surface area contributed by atoms with E-state index in [0.29, 0.717) is 28.8 Å². The van der Waals surface area contributed by atoms with Gasteiger partial charge in [-0.25, -0.2) is 0 Å². The summed E-state index contributed by atoms with van der Waals surface area (Å²) >= 11 is 1.22. The summed E-state index contributed by atoms with van der Waals surface area (Å²) in [4.78, 5) is 41.6. The number of thiazole rings is 1. The summed E-state index contributed by atoms with van der Waals surface area (Å²) in [7, 11) is 1.28. The largest absolute Gasteiger partial charge is 0.492 e. The first-order chi connectivity index (χ1) is 15.0. The first kappa shape index (κ1) is 20.5. The molecule has 0 N–H and O–H groups in total. The molecule has 0 atom stereocenters. The Labute approximate surface area is 180 Å². The maximum absolute atomic E-state index is 12.9. The van der Waals surface area contributed by atoms with E-state index in [1.54, 1.807) is 34.9 Å². The molecule has 4 aromatic rings. The predicted octanol–water partition coefficient (Wildman–Crippen LogP) is 3.12. The average molecular weight is 438 g/mol. The molecule has 0 aliphatic carbocycles. The van der Waals surface area contributed by atoms with E-state index in [1.165, 1.54) is 18.4 Å². The van der Waals surface area contributed by atoms with E-state index in [2.05, 4.69) is 4.99 Å². The van der Waals surface area contributed by atoms with E-state index in [1.807, 2.05) is 19.1 Å². The van der Waals surface area contributed by atoms with Crippen molar-refractivity contribution in [2.24, 2.45) is 4.99 Å². The maximum atomic E-state index is 12.9. The molecule has 31 heavy (non-hydrogen) atoms. The molecule has 0 radical (unpaired) electrons. The summed E-state index contributed by atoms with van der Waals surface area (Å²) < 4.78 is 18.4. The highest BCUT2D eigenvalue weighted by atomic mass is 32.1. The van der Waals surface area contributed by atoms with Crippen molar-refractivity contribution < 1.29 is 23.5 Å². The molecule has 2 aromatic carbocycles. The summed E-state index contributed by atoms with van der Waals surface area (Å²) in [6.45, 7) is 2.13. The molecular weight excluding hydrogens is 420 g/mol. The van der Waals surface area contributed by atoms with Gasteiger partial charge in [-0.15, -0.1) is 0 Å². The van der Waals surface area contributed by atoms with E-state index in [9.17, 15) is 14.4 Å². The minimum Gasteiger partial charge on any atom is -0.492 e. The first-order valence-corrected chi connectivity index (χ1v) is 10.3. The highest BCUT2D eigenvalue weighted by Gasteiger charge is 2.17. The second-order valence-electron chi connectivity index (χ2n) is 6.47. The van der Waals surface area contributed by atoms with Crippen molar-refractivity contribution in [1.82, 2.24) is 4.57 Å². The molecule has 158 valence electrons. The van der Waals surface area contributed by atoms with Crippen molar-refractivity contribution in [2.75, 3.05) is 13.7 Å². The number of methoxy groups -OCH3 is 1. The third kappa shape index (κ3) is 3.99. The molecule has 1 amide bonds. The van der Waals surface area contributed by atoms with Gasteiger partial charge < -0.3 is 18.5 Å². The SMILES string of the molecule is CCOc1cccc2sc(=NC(=O)c3cc(=O)c4ccccc4o3)n(CC(=O)OC)c12. The Kier molecular flexibility index (Phi) is 5.68. The summed E-state index contributed by atoms with van der Waals surface area (Å²) in [5, 5.41) is 0.378. The number of rotatable bonds is 5. The van der Waals surface area contributed by atoms with Crippen molar-refractivity contribution in [1.29, 1.82) is 0 Å². The minimum atomic E-state index is -0.731. The number of hydrogen-bond acceptors (Lipinski definition) is 7. The number of fused-ring (bicyclic) bond motifs is 2. The first-order valence-electron chi connectivity index (χ1n) is 9.45. The van der Waals surface area contributed by atoms with Crippen molar-refractivity contribution in [3.05, 3.63) is 69.3 Å². The molecule has 2 aromatic heterocycles. The fourth-order valence-corrected chi connectivity index (χ4v) is 4.19. The Morgan fingerprint density at radius 3 is 2.74 bits per heavy atom. The Balaban J connectivity index is 1.89. The van der Waals surface area contributed by atoms with Crippen LogP contribution in [0.4, 0.5) is 0 Å². The molecule has 9 heteroatoms. The number of para-hydroxylation sites is 2. The number of amides is 1. The van der Waals surface area contributed by atoms with Gasteiger partial charge in [0.25, 0.3) is 0 Å². The summed E-state index contributed by atoms with van der Waals surface area (Å²) in [6, 6.07) is 13.2. The number of ether oxygens (including phenoxy) is 2. The van der Waals surface area contributed by atoms with E-state index in [-0.39, 0.29) is 22.5 Å². The van der Waals surface area contributed by atoms with Gasteiger partial charge in [0.15, 0.2) is 16.0 Å².